The first-order chi connectivity index (χ1) is 8.56. The van der Waals surface area contributed by atoms with E-state index in [2.05, 4.69) is 21.2 Å². The van der Waals surface area contributed by atoms with Gasteiger partial charge in [0.1, 0.15) is 0 Å². The normalized spacial score (nSPS) is 23.1. The summed E-state index contributed by atoms with van der Waals surface area (Å²) in [5.41, 5.74) is 1.09. The SMILES string of the molecule is CN(Cc1ccc(Br)cc1)C(=O)[C@@H]1C[C@H](O)CN1. The molecule has 2 N–H and O–H groups in total. The maximum Gasteiger partial charge on any atom is 0.239 e. The Hall–Kier alpha value is -0.910. The van der Waals surface area contributed by atoms with Gasteiger partial charge in [-0.1, -0.05) is 28.1 Å². The molecule has 0 radical (unpaired) electrons. The van der Waals surface area contributed by atoms with Crippen molar-refractivity contribution in [2.45, 2.75) is 25.1 Å². The second-order valence-electron chi connectivity index (χ2n) is 4.67. The van der Waals surface area contributed by atoms with Crippen LogP contribution in [-0.4, -0.2) is 41.7 Å². The molecule has 0 saturated carbocycles. The first kappa shape index (κ1) is 13.5. The van der Waals surface area contributed by atoms with Crippen LogP contribution < -0.4 is 5.32 Å². The summed E-state index contributed by atoms with van der Waals surface area (Å²) in [6.45, 7) is 1.09. The second-order valence-corrected chi connectivity index (χ2v) is 5.59. The van der Waals surface area contributed by atoms with E-state index >= 15 is 0 Å². The van der Waals surface area contributed by atoms with Gasteiger partial charge in [0, 0.05) is 24.6 Å². The maximum absolute atomic E-state index is 12.1. The minimum atomic E-state index is -0.403. The standard InChI is InChI=1S/C13H17BrN2O2/c1-16(8-9-2-4-10(14)5-3-9)13(18)12-6-11(17)7-15-12/h2-5,11-12,15,17H,6-8H2,1H3/t11-,12-/m0/s1. The van der Waals surface area contributed by atoms with E-state index in [-0.39, 0.29) is 11.9 Å². The zero-order valence-corrected chi connectivity index (χ0v) is 11.9. The molecule has 4 nitrogen and oxygen atoms in total. The third-order valence-corrected chi connectivity index (χ3v) is 3.64. The van der Waals surface area contributed by atoms with Crippen LogP contribution in [0.15, 0.2) is 28.7 Å². The molecule has 1 aromatic rings. The molecule has 98 valence electrons. The van der Waals surface area contributed by atoms with E-state index in [0.29, 0.717) is 19.5 Å². The molecule has 1 amide bonds. The highest BCUT2D eigenvalue weighted by Gasteiger charge is 2.29. The van der Waals surface area contributed by atoms with Crippen LogP contribution in [0.3, 0.4) is 0 Å². The number of nitrogens with zero attached hydrogens (tertiary/aromatic N) is 1. The lowest BCUT2D eigenvalue weighted by Crippen LogP contribution is -2.41. The van der Waals surface area contributed by atoms with Crippen LogP contribution in [0.2, 0.25) is 0 Å². The number of aliphatic hydroxyl groups is 1. The van der Waals surface area contributed by atoms with E-state index in [9.17, 15) is 9.90 Å². The van der Waals surface area contributed by atoms with Gasteiger partial charge in [-0.2, -0.15) is 0 Å². The number of nitrogens with one attached hydrogen (secondary N) is 1. The molecular weight excluding hydrogens is 296 g/mol. The van der Waals surface area contributed by atoms with Crippen LogP contribution in [0.4, 0.5) is 0 Å². The number of carbonyl (C=O) groups is 1. The highest BCUT2D eigenvalue weighted by Crippen LogP contribution is 2.14. The van der Waals surface area contributed by atoms with Gasteiger partial charge >= 0.3 is 0 Å². The lowest BCUT2D eigenvalue weighted by atomic mass is 10.1. The summed E-state index contributed by atoms with van der Waals surface area (Å²) in [4.78, 5) is 13.8. The number of rotatable bonds is 3. The van der Waals surface area contributed by atoms with Crippen LogP contribution in [0, 0.1) is 0 Å². The van der Waals surface area contributed by atoms with Crippen molar-refractivity contribution in [3.63, 3.8) is 0 Å². The summed E-state index contributed by atoms with van der Waals surface area (Å²) < 4.78 is 1.03. The Kier molecular flexibility index (Phi) is 4.37. The van der Waals surface area contributed by atoms with Crippen molar-refractivity contribution < 1.29 is 9.90 Å². The average molecular weight is 313 g/mol. The molecule has 2 atom stereocenters. The van der Waals surface area contributed by atoms with Crippen molar-refractivity contribution in [1.29, 1.82) is 0 Å². The van der Waals surface area contributed by atoms with Crippen LogP contribution >= 0.6 is 15.9 Å². The highest BCUT2D eigenvalue weighted by molar-refractivity contribution is 9.10. The fourth-order valence-corrected chi connectivity index (χ4v) is 2.38. The van der Waals surface area contributed by atoms with E-state index in [1.165, 1.54) is 0 Å². The zero-order valence-electron chi connectivity index (χ0n) is 10.3. The molecule has 0 aliphatic carbocycles. The molecule has 1 fully saturated rings. The molecule has 1 saturated heterocycles. The number of likely N-dealkylation sites (N-methyl/N-ethyl adjacent to an activating group) is 1. The van der Waals surface area contributed by atoms with Gasteiger partial charge in [0.15, 0.2) is 0 Å². The minimum Gasteiger partial charge on any atom is -0.392 e. The third-order valence-electron chi connectivity index (χ3n) is 3.11. The average Bonchev–Trinajstić information content (AvgIpc) is 2.78. The van der Waals surface area contributed by atoms with Crippen molar-refractivity contribution >= 4 is 21.8 Å². The summed E-state index contributed by atoms with van der Waals surface area (Å²) in [6, 6.07) is 7.66. The molecule has 1 aliphatic heterocycles. The number of aliphatic hydroxyl groups excluding tert-OH is 1. The van der Waals surface area contributed by atoms with Gasteiger partial charge in [0.05, 0.1) is 12.1 Å². The molecular formula is C13H17BrN2O2. The molecule has 5 heteroatoms. The fourth-order valence-electron chi connectivity index (χ4n) is 2.11. The Morgan fingerprint density at radius 1 is 1.50 bits per heavy atom. The summed E-state index contributed by atoms with van der Waals surface area (Å²) in [5, 5.41) is 12.4. The number of β-amino-alcohol motifs (C(OH)–C–C–N with tert-alkyl or cyclic N) is 1. The summed E-state index contributed by atoms with van der Waals surface area (Å²) in [5.74, 6) is 0.0365. The summed E-state index contributed by atoms with van der Waals surface area (Å²) >= 11 is 3.38. The second kappa shape index (κ2) is 5.82. The molecule has 0 aromatic heterocycles. The number of carbonyl (C=O) groups excluding carboxylic acids is 1. The molecule has 18 heavy (non-hydrogen) atoms. The number of halogens is 1. The molecule has 0 bridgehead atoms. The van der Waals surface area contributed by atoms with Gasteiger partial charge in [-0.25, -0.2) is 0 Å². The van der Waals surface area contributed by atoms with Crippen molar-refractivity contribution in [1.82, 2.24) is 10.2 Å². The van der Waals surface area contributed by atoms with E-state index in [4.69, 9.17) is 0 Å². The maximum atomic E-state index is 12.1. The van der Waals surface area contributed by atoms with Crippen LogP contribution in [-0.2, 0) is 11.3 Å². The third kappa shape index (κ3) is 3.31. The topological polar surface area (TPSA) is 52.6 Å². The minimum absolute atomic E-state index is 0.0365. The van der Waals surface area contributed by atoms with Crippen molar-refractivity contribution in [2.75, 3.05) is 13.6 Å². The van der Waals surface area contributed by atoms with Gasteiger partial charge < -0.3 is 15.3 Å². The number of hydrogen-bond acceptors (Lipinski definition) is 3. The predicted molar refractivity (Wildman–Crippen MR) is 73.0 cm³/mol. The van der Waals surface area contributed by atoms with E-state index in [0.717, 1.165) is 10.0 Å². The van der Waals surface area contributed by atoms with E-state index in [1.807, 2.05) is 24.3 Å². The number of benzene rings is 1. The van der Waals surface area contributed by atoms with Crippen LogP contribution in [0.25, 0.3) is 0 Å². The van der Waals surface area contributed by atoms with Gasteiger partial charge in [-0.15, -0.1) is 0 Å². The summed E-state index contributed by atoms with van der Waals surface area (Å²) in [7, 11) is 1.79. The van der Waals surface area contributed by atoms with Crippen LogP contribution in [0.1, 0.15) is 12.0 Å². The zero-order chi connectivity index (χ0) is 13.1. The van der Waals surface area contributed by atoms with Crippen molar-refractivity contribution in [3.8, 4) is 0 Å². The predicted octanol–water partition coefficient (Wildman–Crippen LogP) is 1.13. The largest absolute Gasteiger partial charge is 0.392 e. The smallest absolute Gasteiger partial charge is 0.239 e. The molecule has 2 rings (SSSR count). The van der Waals surface area contributed by atoms with Gasteiger partial charge in [-0.05, 0) is 24.1 Å². The molecule has 1 aliphatic rings. The molecule has 1 heterocycles. The van der Waals surface area contributed by atoms with E-state index in [1.54, 1.807) is 11.9 Å². The fraction of sp³-hybridized carbons (Fsp3) is 0.462. The summed E-state index contributed by atoms with van der Waals surface area (Å²) in [6.07, 6.45) is 0.101. The van der Waals surface area contributed by atoms with Gasteiger partial charge in [0.25, 0.3) is 0 Å². The van der Waals surface area contributed by atoms with Crippen molar-refractivity contribution in [3.05, 3.63) is 34.3 Å². The monoisotopic (exact) mass is 312 g/mol. The Bertz CT molecular complexity index is 422. The van der Waals surface area contributed by atoms with Gasteiger partial charge in [0.2, 0.25) is 5.91 Å². The first-order valence-corrected chi connectivity index (χ1v) is 6.76. The highest BCUT2D eigenvalue weighted by atomic mass is 79.9. The first-order valence-electron chi connectivity index (χ1n) is 5.97. The Morgan fingerprint density at radius 3 is 2.72 bits per heavy atom. The number of hydrogen-bond donors (Lipinski definition) is 2. The lowest BCUT2D eigenvalue weighted by Gasteiger charge is -2.21. The van der Waals surface area contributed by atoms with Gasteiger partial charge in [-0.3, -0.25) is 4.79 Å². The van der Waals surface area contributed by atoms with E-state index < -0.39 is 6.10 Å². The lowest BCUT2D eigenvalue weighted by molar-refractivity contribution is -0.132. The Balaban J connectivity index is 1.93. The van der Waals surface area contributed by atoms with Crippen LogP contribution in [0.5, 0.6) is 0 Å². The molecule has 0 unspecified atom stereocenters. The quantitative estimate of drug-likeness (QED) is 0.880. The van der Waals surface area contributed by atoms with Crippen molar-refractivity contribution in [2.24, 2.45) is 0 Å². The number of amides is 1. The Morgan fingerprint density at radius 2 is 2.17 bits per heavy atom. The Labute approximate surface area is 115 Å². The molecule has 0 spiro atoms. The molecule has 1 aromatic carbocycles.